The molecule has 0 saturated carbocycles. The van der Waals surface area contributed by atoms with E-state index in [1.54, 1.807) is 35.2 Å². The molecule has 2 aromatic carbocycles. The Morgan fingerprint density at radius 1 is 1.11 bits per heavy atom. The van der Waals surface area contributed by atoms with Crippen LogP contribution in [0.5, 0.6) is 5.75 Å². The Morgan fingerprint density at radius 2 is 1.81 bits per heavy atom. The van der Waals surface area contributed by atoms with Crippen LogP contribution in [0, 0.1) is 19.7 Å². The zero-order chi connectivity index (χ0) is 19.0. The fourth-order valence-corrected chi connectivity index (χ4v) is 3.22. The van der Waals surface area contributed by atoms with Gasteiger partial charge in [0.2, 0.25) is 0 Å². The van der Waals surface area contributed by atoms with E-state index in [0.717, 1.165) is 17.1 Å². The minimum absolute atomic E-state index is 0.0525. The second kappa shape index (κ2) is 6.87. The molecule has 0 unspecified atom stereocenters. The average molecular weight is 365 g/mol. The third-order valence-electron chi connectivity index (χ3n) is 4.63. The molecule has 0 atom stereocenters. The van der Waals surface area contributed by atoms with Crippen LogP contribution in [-0.4, -0.2) is 39.8 Å². The summed E-state index contributed by atoms with van der Waals surface area (Å²) in [5, 5.41) is 4.45. The van der Waals surface area contributed by atoms with Gasteiger partial charge in [-0.05, 0) is 56.3 Å². The summed E-state index contributed by atoms with van der Waals surface area (Å²) in [4.78, 5) is 14.3. The SMILES string of the molecule is Cc1cc(C)n(-c2ccc(C(=O)N3CC(Oc4ccccc4F)C3)cc2)n1. The normalized spacial score (nSPS) is 14.1. The number of rotatable bonds is 4. The molecule has 1 aliphatic rings. The first-order valence-corrected chi connectivity index (χ1v) is 8.85. The first-order valence-electron chi connectivity index (χ1n) is 8.85. The maximum Gasteiger partial charge on any atom is 0.254 e. The van der Waals surface area contributed by atoms with Crippen molar-refractivity contribution in [1.29, 1.82) is 0 Å². The van der Waals surface area contributed by atoms with Crippen LogP contribution in [0.1, 0.15) is 21.7 Å². The number of benzene rings is 2. The zero-order valence-corrected chi connectivity index (χ0v) is 15.2. The van der Waals surface area contributed by atoms with E-state index in [2.05, 4.69) is 5.10 Å². The van der Waals surface area contributed by atoms with E-state index < -0.39 is 0 Å². The lowest BCUT2D eigenvalue weighted by molar-refractivity contribution is 0.0164. The molecule has 1 saturated heterocycles. The monoisotopic (exact) mass is 365 g/mol. The summed E-state index contributed by atoms with van der Waals surface area (Å²) in [6.45, 7) is 4.85. The number of aromatic nitrogens is 2. The van der Waals surface area contributed by atoms with Crippen molar-refractivity contribution < 1.29 is 13.9 Å². The van der Waals surface area contributed by atoms with Crippen LogP contribution < -0.4 is 4.74 Å². The maximum atomic E-state index is 13.6. The highest BCUT2D eigenvalue weighted by Crippen LogP contribution is 2.23. The summed E-state index contributed by atoms with van der Waals surface area (Å²) in [6.07, 6.45) is -0.181. The van der Waals surface area contributed by atoms with E-state index >= 15 is 0 Å². The highest BCUT2D eigenvalue weighted by atomic mass is 19.1. The van der Waals surface area contributed by atoms with Crippen LogP contribution in [0.3, 0.4) is 0 Å². The maximum absolute atomic E-state index is 13.6. The number of halogens is 1. The number of likely N-dealkylation sites (tertiary alicyclic amines) is 1. The summed E-state index contributed by atoms with van der Waals surface area (Å²) >= 11 is 0. The van der Waals surface area contributed by atoms with Gasteiger partial charge in [0.25, 0.3) is 5.91 Å². The van der Waals surface area contributed by atoms with Crippen LogP contribution >= 0.6 is 0 Å². The van der Waals surface area contributed by atoms with Crippen LogP contribution in [-0.2, 0) is 0 Å². The van der Waals surface area contributed by atoms with Gasteiger partial charge in [-0.2, -0.15) is 5.10 Å². The fourth-order valence-electron chi connectivity index (χ4n) is 3.22. The van der Waals surface area contributed by atoms with Crippen molar-refractivity contribution >= 4 is 5.91 Å². The molecule has 5 nitrogen and oxygen atoms in total. The van der Waals surface area contributed by atoms with Crippen molar-refractivity contribution in [3.63, 3.8) is 0 Å². The van der Waals surface area contributed by atoms with E-state index in [1.165, 1.54) is 6.07 Å². The van der Waals surface area contributed by atoms with Gasteiger partial charge < -0.3 is 9.64 Å². The summed E-state index contributed by atoms with van der Waals surface area (Å²) < 4.78 is 21.1. The number of ether oxygens (including phenoxy) is 1. The number of hydrogen-bond acceptors (Lipinski definition) is 3. The van der Waals surface area contributed by atoms with Crippen LogP contribution in [0.2, 0.25) is 0 Å². The first-order chi connectivity index (χ1) is 13.0. The second-order valence-corrected chi connectivity index (χ2v) is 6.77. The minimum atomic E-state index is -0.387. The zero-order valence-electron chi connectivity index (χ0n) is 15.2. The number of hydrogen-bond donors (Lipinski definition) is 0. The molecule has 2 heterocycles. The highest BCUT2D eigenvalue weighted by Gasteiger charge is 2.33. The Kier molecular flexibility index (Phi) is 4.39. The van der Waals surface area contributed by atoms with Crippen molar-refractivity contribution in [2.24, 2.45) is 0 Å². The molecule has 4 rings (SSSR count). The molecule has 0 aliphatic carbocycles. The summed E-state index contributed by atoms with van der Waals surface area (Å²) in [5.41, 5.74) is 3.53. The molecule has 6 heteroatoms. The lowest BCUT2D eigenvalue weighted by Crippen LogP contribution is -2.56. The van der Waals surface area contributed by atoms with Crippen LogP contribution in [0.15, 0.2) is 54.6 Å². The van der Waals surface area contributed by atoms with E-state index in [9.17, 15) is 9.18 Å². The van der Waals surface area contributed by atoms with Gasteiger partial charge in [0.1, 0.15) is 6.10 Å². The molecule has 0 N–H and O–H groups in total. The highest BCUT2D eigenvalue weighted by molar-refractivity contribution is 5.95. The number of carbonyl (C=O) groups excluding carboxylic acids is 1. The van der Waals surface area contributed by atoms with Gasteiger partial charge in [-0.25, -0.2) is 9.07 Å². The quantitative estimate of drug-likeness (QED) is 0.711. The number of aryl methyl sites for hydroxylation is 2. The van der Waals surface area contributed by atoms with E-state index in [0.29, 0.717) is 18.7 Å². The lowest BCUT2D eigenvalue weighted by atomic mass is 10.1. The molecular weight excluding hydrogens is 345 g/mol. The third-order valence-corrected chi connectivity index (χ3v) is 4.63. The van der Waals surface area contributed by atoms with E-state index in [-0.39, 0.29) is 23.6 Å². The predicted octanol–water partition coefficient (Wildman–Crippen LogP) is 3.53. The molecule has 0 bridgehead atoms. The van der Waals surface area contributed by atoms with Crippen molar-refractivity contribution in [3.05, 3.63) is 77.4 Å². The standard InChI is InChI=1S/C21H20FN3O2/c1-14-11-15(2)25(23-14)17-9-7-16(8-10-17)21(26)24-12-18(13-24)27-20-6-4-3-5-19(20)22/h3-11,18H,12-13H2,1-2H3. The van der Waals surface area contributed by atoms with E-state index in [4.69, 9.17) is 4.74 Å². The number of nitrogens with zero attached hydrogens (tertiary/aromatic N) is 3. The van der Waals surface area contributed by atoms with Crippen LogP contribution in [0.4, 0.5) is 4.39 Å². The number of carbonyl (C=O) groups is 1. The van der Waals surface area contributed by atoms with Crippen molar-refractivity contribution in [2.75, 3.05) is 13.1 Å². The Balaban J connectivity index is 1.38. The van der Waals surface area contributed by atoms with Gasteiger partial charge >= 0.3 is 0 Å². The number of amides is 1. The molecule has 1 fully saturated rings. The molecule has 3 aromatic rings. The Bertz CT molecular complexity index is 975. The lowest BCUT2D eigenvalue weighted by Gasteiger charge is -2.39. The van der Waals surface area contributed by atoms with Crippen molar-refractivity contribution in [1.82, 2.24) is 14.7 Å². The Labute approximate surface area is 157 Å². The average Bonchev–Trinajstić information content (AvgIpc) is 2.97. The minimum Gasteiger partial charge on any atom is -0.484 e. The Hall–Kier alpha value is -3.15. The molecule has 0 spiro atoms. The summed E-state index contributed by atoms with van der Waals surface area (Å²) in [6, 6.07) is 15.7. The third kappa shape index (κ3) is 3.43. The fraction of sp³-hybridized carbons (Fsp3) is 0.238. The van der Waals surface area contributed by atoms with Gasteiger partial charge in [-0.3, -0.25) is 4.79 Å². The second-order valence-electron chi connectivity index (χ2n) is 6.77. The predicted molar refractivity (Wildman–Crippen MR) is 99.8 cm³/mol. The number of para-hydroxylation sites is 1. The Morgan fingerprint density at radius 3 is 2.44 bits per heavy atom. The van der Waals surface area contributed by atoms with Gasteiger partial charge in [-0.1, -0.05) is 12.1 Å². The molecule has 0 radical (unpaired) electrons. The molecule has 1 aromatic heterocycles. The van der Waals surface area contributed by atoms with Gasteiger partial charge in [0, 0.05) is 11.3 Å². The van der Waals surface area contributed by atoms with Crippen molar-refractivity contribution in [3.8, 4) is 11.4 Å². The smallest absolute Gasteiger partial charge is 0.254 e. The van der Waals surface area contributed by atoms with Gasteiger partial charge in [-0.15, -0.1) is 0 Å². The molecule has 138 valence electrons. The molecule has 1 amide bonds. The molecule has 1 aliphatic heterocycles. The summed E-state index contributed by atoms with van der Waals surface area (Å²) in [7, 11) is 0. The van der Waals surface area contributed by atoms with Gasteiger partial charge in [0.05, 0.1) is 24.5 Å². The topological polar surface area (TPSA) is 47.4 Å². The van der Waals surface area contributed by atoms with Crippen LogP contribution in [0.25, 0.3) is 5.69 Å². The largest absolute Gasteiger partial charge is 0.484 e. The molecular formula is C21H20FN3O2. The van der Waals surface area contributed by atoms with Gasteiger partial charge in [0.15, 0.2) is 11.6 Å². The van der Waals surface area contributed by atoms with E-state index in [1.807, 2.05) is 36.7 Å². The van der Waals surface area contributed by atoms with Crippen molar-refractivity contribution in [2.45, 2.75) is 20.0 Å². The summed E-state index contributed by atoms with van der Waals surface area (Å²) in [5.74, 6) is -0.214. The molecule has 27 heavy (non-hydrogen) atoms. The first kappa shape index (κ1) is 17.3.